The van der Waals surface area contributed by atoms with E-state index in [1.165, 1.54) is 0 Å². The molecule has 10 heteroatoms. The zero-order valence-corrected chi connectivity index (χ0v) is 17.9. The van der Waals surface area contributed by atoms with Gasteiger partial charge in [-0.2, -0.15) is 4.98 Å². The van der Waals surface area contributed by atoms with Crippen LogP contribution in [0.15, 0.2) is 39.8 Å². The van der Waals surface area contributed by atoms with Gasteiger partial charge in [-0.3, -0.25) is 4.79 Å². The van der Waals surface area contributed by atoms with Crippen molar-refractivity contribution >= 4 is 44.6 Å². The number of fused-ring (bicyclic) bond motifs is 1. The summed E-state index contributed by atoms with van der Waals surface area (Å²) in [6.45, 7) is 2.97. The van der Waals surface area contributed by atoms with Crippen molar-refractivity contribution in [3.63, 3.8) is 0 Å². The van der Waals surface area contributed by atoms with Gasteiger partial charge in [-0.05, 0) is 29.3 Å². The van der Waals surface area contributed by atoms with Gasteiger partial charge in [0.15, 0.2) is 0 Å². The maximum Gasteiger partial charge on any atom is 0.226 e. The van der Waals surface area contributed by atoms with Crippen LogP contribution in [0.1, 0.15) is 18.7 Å². The van der Waals surface area contributed by atoms with Gasteiger partial charge in [-0.15, -0.1) is 22.7 Å². The summed E-state index contributed by atoms with van der Waals surface area (Å²) in [7, 11) is 0. The van der Waals surface area contributed by atoms with E-state index < -0.39 is 0 Å². The first kappa shape index (κ1) is 19.1. The van der Waals surface area contributed by atoms with Gasteiger partial charge in [0.2, 0.25) is 17.6 Å². The number of amides is 1. The fourth-order valence-electron chi connectivity index (χ4n) is 3.61. The van der Waals surface area contributed by atoms with Crippen LogP contribution in [0.25, 0.3) is 20.9 Å². The Hall–Kier alpha value is -2.85. The lowest BCUT2D eigenvalue weighted by molar-refractivity contribution is -0.131. The topological polar surface area (TPSA) is 88.3 Å². The molecule has 0 unspecified atom stereocenters. The molecule has 0 aliphatic carbocycles. The Kier molecular flexibility index (Phi) is 5.41. The highest BCUT2D eigenvalue weighted by atomic mass is 32.1. The summed E-state index contributed by atoms with van der Waals surface area (Å²) in [6.07, 6.45) is 3.42. The lowest BCUT2D eigenvalue weighted by atomic mass is 10.2. The van der Waals surface area contributed by atoms with Crippen molar-refractivity contribution in [3.05, 3.63) is 41.2 Å². The smallest absolute Gasteiger partial charge is 0.226 e. The van der Waals surface area contributed by atoms with Gasteiger partial charge in [-0.25, -0.2) is 9.97 Å². The first-order valence-corrected chi connectivity index (χ1v) is 11.6. The maximum atomic E-state index is 12.6. The number of anilines is 1. The van der Waals surface area contributed by atoms with Crippen molar-refractivity contribution in [1.82, 2.24) is 25.0 Å². The maximum absolute atomic E-state index is 12.6. The van der Waals surface area contributed by atoms with E-state index in [0.29, 0.717) is 44.1 Å². The third kappa shape index (κ3) is 3.92. The second-order valence-electron chi connectivity index (χ2n) is 7.05. The fraction of sp³-hybridized carbons (Fsp3) is 0.350. The van der Waals surface area contributed by atoms with Crippen LogP contribution >= 0.6 is 22.7 Å². The predicted octanol–water partition coefficient (Wildman–Crippen LogP) is 3.47. The van der Waals surface area contributed by atoms with Crippen molar-refractivity contribution in [1.29, 1.82) is 0 Å². The number of piperazine rings is 1. The number of hydrogen-bond acceptors (Lipinski definition) is 9. The molecule has 0 saturated carbocycles. The minimum atomic E-state index is 0.177. The second kappa shape index (κ2) is 8.49. The minimum absolute atomic E-state index is 0.177. The van der Waals surface area contributed by atoms with Crippen LogP contribution in [0.5, 0.6) is 0 Å². The van der Waals surface area contributed by atoms with Crippen LogP contribution in [0.4, 0.5) is 5.82 Å². The van der Waals surface area contributed by atoms with Crippen LogP contribution < -0.4 is 4.90 Å². The average molecular weight is 441 g/mol. The molecule has 0 bridgehead atoms. The van der Waals surface area contributed by atoms with Crippen molar-refractivity contribution in [3.8, 4) is 10.7 Å². The first-order chi connectivity index (χ1) is 14.8. The van der Waals surface area contributed by atoms with Crippen LogP contribution in [-0.2, 0) is 11.2 Å². The van der Waals surface area contributed by atoms with E-state index >= 15 is 0 Å². The molecular weight excluding hydrogens is 420 g/mol. The van der Waals surface area contributed by atoms with Gasteiger partial charge < -0.3 is 14.3 Å². The largest absolute Gasteiger partial charge is 0.352 e. The molecule has 5 heterocycles. The molecule has 0 radical (unpaired) electrons. The molecule has 0 aromatic carbocycles. The van der Waals surface area contributed by atoms with Crippen molar-refractivity contribution in [2.24, 2.45) is 0 Å². The lowest BCUT2D eigenvalue weighted by Gasteiger charge is -2.35. The fourth-order valence-corrected chi connectivity index (χ4v) is 4.98. The molecule has 1 aliphatic heterocycles. The number of hydrogen-bond donors (Lipinski definition) is 0. The molecule has 4 aromatic heterocycles. The van der Waals surface area contributed by atoms with Gasteiger partial charge in [0.05, 0.1) is 10.3 Å². The highest BCUT2D eigenvalue weighted by molar-refractivity contribution is 7.16. The number of nitrogens with zero attached hydrogens (tertiary/aromatic N) is 6. The second-order valence-corrected chi connectivity index (χ2v) is 8.89. The molecule has 8 nitrogen and oxygen atoms in total. The molecule has 0 atom stereocenters. The number of aromatic nitrogens is 4. The highest BCUT2D eigenvalue weighted by Gasteiger charge is 2.23. The molecule has 1 amide bonds. The molecule has 5 rings (SSSR count). The number of aryl methyl sites for hydroxylation is 1. The quantitative estimate of drug-likeness (QED) is 0.453. The van der Waals surface area contributed by atoms with Crippen LogP contribution in [-0.4, -0.2) is 57.1 Å². The van der Waals surface area contributed by atoms with E-state index in [2.05, 4.69) is 31.1 Å². The summed E-state index contributed by atoms with van der Waals surface area (Å²) >= 11 is 3.20. The van der Waals surface area contributed by atoms with Gasteiger partial charge in [0.1, 0.15) is 17.0 Å². The summed E-state index contributed by atoms with van der Waals surface area (Å²) in [5.41, 5.74) is 0. The van der Waals surface area contributed by atoms with Crippen molar-refractivity contribution in [2.75, 3.05) is 31.1 Å². The third-order valence-corrected chi connectivity index (χ3v) is 6.85. The molecule has 30 heavy (non-hydrogen) atoms. The number of thiophene rings is 2. The lowest BCUT2D eigenvalue weighted by Crippen LogP contribution is -2.49. The van der Waals surface area contributed by atoms with Gasteiger partial charge in [0.25, 0.3) is 0 Å². The van der Waals surface area contributed by atoms with Crippen LogP contribution in [0, 0.1) is 0 Å². The first-order valence-electron chi connectivity index (χ1n) is 9.85. The minimum Gasteiger partial charge on any atom is -0.352 e. The molecule has 1 aliphatic rings. The zero-order chi connectivity index (χ0) is 20.3. The molecule has 0 spiro atoms. The Labute approximate surface area is 181 Å². The van der Waals surface area contributed by atoms with Crippen LogP contribution in [0.3, 0.4) is 0 Å². The van der Waals surface area contributed by atoms with Crippen LogP contribution in [0.2, 0.25) is 0 Å². The Morgan fingerprint density at radius 3 is 2.83 bits per heavy atom. The van der Waals surface area contributed by atoms with Gasteiger partial charge >= 0.3 is 0 Å². The summed E-state index contributed by atoms with van der Waals surface area (Å²) < 4.78 is 5.31. The Bertz CT molecular complexity index is 1130. The standard InChI is InChI=1S/C20H20N6O2S2/c27-17(5-1-4-16-23-18(24-28-16)15-3-2-11-29-15)25-7-9-26(10-8-25)19-14-6-12-30-20(14)22-13-21-19/h2-3,6,11-13H,1,4-5,7-10H2. The molecular formula is C20H20N6O2S2. The Morgan fingerprint density at radius 2 is 2.00 bits per heavy atom. The van der Waals surface area contributed by atoms with E-state index in [1.54, 1.807) is 29.0 Å². The van der Waals surface area contributed by atoms with Crippen molar-refractivity contribution in [2.45, 2.75) is 19.3 Å². The molecule has 1 fully saturated rings. The Balaban J connectivity index is 1.11. The monoisotopic (exact) mass is 440 g/mol. The SMILES string of the molecule is O=C(CCCc1nc(-c2cccs2)no1)N1CCN(c2ncnc3sccc23)CC1. The molecule has 154 valence electrons. The summed E-state index contributed by atoms with van der Waals surface area (Å²) in [4.78, 5) is 32.0. The van der Waals surface area contributed by atoms with E-state index in [-0.39, 0.29) is 5.91 Å². The number of carbonyl (C=O) groups is 1. The van der Waals surface area contributed by atoms with E-state index in [0.717, 1.165) is 34.0 Å². The van der Waals surface area contributed by atoms with Gasteiger partial charge in [0, 0.05) is 39.0 Å². The highest BCUT2D eigenvalue weighted by Crippen LogP contribution is 2.27. The number of rotatable bonds is 6. The zero-order valence-electron chi connectivity index (χ0n) is 16.2. The normalized spacial score (nSPS) is 14.5. The summed E-state index contributed by atoms with van der Waals surface area (Å²) in [5.74, 6) is 2.34. The average Bonchev–Trinajstić information content (AvgIpc) is 3.54. The van der Waals surface area contributed by atoms with E-state index in [4.69, 9.17) is 4.52 Å². The van der Waals surface area contributed by atoms with Gasteiger partial charge in [-0.1, -0.05) is 11.2 Å². The molecule has 1 saturated heterocycles. The Morgan fingerprint density at radius 1 is 1.10 bits per heavy atom. The third-order valence-electron chi connectivity index (χ3n) is 5.16. The summed E-state index contributed by atoms with van der Waals surface area (Å²) in [5, 5.41) is 9.12. The van der Waals surface area contributed by atoms with E-state index in [1.807, 2.05) is 27.8 Å². The summed E-state index contributed by atoms with van der Waals surface area (Å²) in [6, 6.07) is 5.99. The van der Waals surface area contributed by atoms with E-state index in [9.17, 15) is 4.79 Å². The number of carbonyl (C=O) groups excluding carboxylic acids is 1. The predicted molar refractivity (Wildman–Crippen MR) is 117 cm³/mol. The molecule has 0 N–H and O–H groups in total. The molecule has 4 aromatic rings. The van der Waals surface area contributed by atoms with Crippen molar-refractivity contribution < 1.29 is 9.32 Å².